The minimum atomic E-state index is -0.408. The average molecular weight is 307 g/mol. The van der Waals surface area contributed by atoms with Crippen molar-refractivity contribution in [3.05, 3.63) is 35.9 Å². The van der Waals surface area contributed by atoms with E-state index in [1.165, 1.54) is 0 Å². The van der Waals surface area contributed by atoms with Gasteiger partial charge in [-0.15, -0.1) is 0 Å². The molecule has 1 aromatic rings. The van der Waals surface area contributed by atoms with Crippen LogP contribution in [0, 0.1) is 0 Å². The molecule has 5 heteroatoms. The van der Waals surface area contributed by atoms with Gasteiger partial charge in [0.05, 0.1) is 19.6 Å². The first-order chi connectivity index (χ1) is 10.6. The Kier molecular flexibility index (Phi) is 8.22. The molecule has 0 saturated carbocycles. The van der Waals surface area contributed by atoms with Crippen molar-refractivity contribution in [2.45, 2.75) is 39.8 Å². The standard InChI is InChI=1S/C17H25NO4/c1-4-21-16(19)11-12-18(14(3)17(20)22-5-2)13-15-9-7-6-8-10-15/h6-10,14H,4-5,11-13H2,1-3H3. The Hall–Kier alpha value is -1.88. The molecule has 0 spiro atoms. The number of hydrogen-bond donors (Lipinski definition) is 0. The zero-order valence-corrected chi connectivity index (χ0v) is 13.6. The molecule has 0 radical (unpaired) electrons. The van der Waals surface area contributed by atoms with Gasteiger partial charge in [-0.1, -0.05) is 30.3 Å². The number of ether oxygens (including phenoxy) is 2. The van der Waals surface area contributed by atoms with E-state index in [0.29, 0.717) is 26.3 Å². The third-order valence-corrected chi connectivity index (χ3v) is 3.31. The maximum absolute atomic E-state index is 12.0. The van der Waals surface area contributed by atoms with Gasteiger partial charge in [0.15, 0.2) is 0 Å². The van der Waals surface area contributed by atoms with Crippen LogP contribution in [0.15, 0.2) is 30.3 Å². The number of carbonyl (C=O) groups excluding carboxylic acids is 2. The van der Waals surface area contributed by atoms with E-state index >= 15 is 0 Å². The summed E-state index contributed by atoms with van der Waals surface area (Å²) in [6.07, 6.45) is 0.254. The van der Waals surface area contributed by atoms with Crippen LogP contribution in [0.3, 0.4) is 0 Å². The first-order valence-corrected chi connectivity index (χ1v) is 7.68. The van der Waals surface area contributed by atoms with Crippen molar-refractivity contribution in [3.63, 3.8) is 0 Å². The highest BCUT2D eigenvalue weighted by molar-refractivity contribution is 5.75. The number of hydrogen-bond acceptors (Lipinski definition) is 5. The van der Waals surface area contributed by atoms with E-state index in [0.717, 1.165) is 5.56 Å². The second kappa shape index (κ2) is 9.95. The molecule has 5 nitrogen and oxygen atoms in total. The third-order valence-electron chi connectivity index (χ3n) is 3.31. The number of rotatable bonds is 9. The lowest BCUT2D eigenvalue weighted by Gasteiger charge is -2.27. The number of carbonyl (C=O) groups is 2. The number of esters is 2. The van der Waals surface area contributed by atoms with Gasteiger partial charge in [-0.2, -0.15) is 0 Å². The summed E-state index contributed by atoms with van der Waals surface area (Å²) in [4.78, 5) is 25.5. The fourth-order valence-corrected chi connectivity index (χ4v) is 2.11. The SMILES string of the molecule is CCOC(=O)CCN(Cc1ccccc1)C(C)C(=O)OCC. The molecule has 0 aliphatic carbocycles. The molecule has 0 fully saturated rings. The summed E-state index contributed by atoms with van der Waals surface area (Å²) < 4.78 is 10.0. The fourth-order valence-electron chi connectivity index (χ4n) is 2.11. The molecular formula is C17H25NO4. The quantitative estimate of drug-likeness (QED) is 0.656. The largest absolute Gasteiger partial charge is 0.466 e. The molecule has 0 amide bonds. The minimum Gasteiger partial charge on any atom is -0.466 e. The summed E-state index contributed by atoms with van der Waals surface area (Å²) in [5, 5.41) is 0. The topological polar surface area (TPSA) is 55.8 Å². The van der Waals surface area contributed by atoms with Crippen molar-refractivity contribution < 1.29 is 19.1 Å². The summed E-state index contributed by atoms with van der Waals surface area (Å²) in [7, 11) is 0. The first kappa shape index (κ1) is 18.2. The molecule has 1 atom stereocenters. The van der Waals surface area contributed by atoms with Crippen LogP contribution in [-0.4, -0.2) is 42.6 Å². The van der Waals surface area contributed by atoms with Gasteiger partial charge in [-0.05, 0) is 26.3 Å². The van der Waals surface area contributed by atoms with Gasteiger partial charge in [0.1, 0.15) is 6.04 Å². The molecule has 0 N–H and O–H groups in total. The van der Waals surface area contributed by atoms with Crippen LogP contribution in [0.4, 0.5) is 0 Å². The van der Waals surface area contributed by atoms with Crippen molar-refractivity contribution in [2.75, 3.05) is 19.8 Å². The first-order valence-electron chi connectivity index (χ1n) is 7.68. The molecular weight excluding hydrogens is 282 g/mol. The lowest BCUT2D eigenvalue weighted by Crippen LogP contribution is -2.40. The average Bonchev–Trinajstić information content (AvgIpc) is 2.52. The van der Waals surface area contributed by atoms with Crippen LogP contribution in [0.2, 0.25) is 0 Å². The van der Waals surface area contributed by atoms with Gasteiger partial charge in [0.25, 0.3) is 0 Å². The third kappa shape index (κ3) is 6.26. The van der Waals surface area contributed by atoms with Crippen LogP contribution in [0.25, 0.3) is 0 Å². The minimum absolute atomic E-state index is 0.253. The van der Waals surface area contributed by atoms with Gasteiger partial charge in [-0.25, -0.2) is 0 Å². The molecule has 0 aromatic heterocycles. The highest BCUT2D eigenvalue weighted by Gasteiger charge is 2.23. The second-order valence-corrected chi connectivity index (χ2v) is 4.94. The lowest BCUT2D eigenvalue weighted by molar-refractivity contribution is -0.151. The smallest absolute Gasteiger partial charge is 0.323 e. The van der Waals surface area contributed by atoms with Crippen molar-refractivity contribution in [3.8, 4) is 0 Å². The van der Waals surface area contributed by atoms with E-state index in [1.54, 1.807) is 20.8 Å². The zero-order valence-electron chi connectivity index (χ0n) is 13.6. The van der Waals surface area contributed by atoms with Crippen molar-refractivity contribution in [1.82, 2.24) is 4.90 Å². The second-order valence-electron chi connectivity index (χ2n) is 4.94. The van der Waals surface area contributed by atoms with Crippen molar-refractivity contribution >= 4 is 11.9 Å². The highest BCUT2D eigenvalue weighted by Crippen LogP contribution is 2.11. The maximum Gasteiger partial charge on any atom is 0.323 e. The Morgan fingerprint density at radius 1 is 1.09 bits per heavy atom. The number of nitrogens with zero attached hydrogens (tertiary/aromatic N) is 1. The van der Waals surface area contributed by atoms with Crippen LogP contribution in [0.5, 0.6) is 0 Å². The predicted molar refractivity (Wildman–Crippen MR) is 84.2 cm³/mol. The summed E-state index contributed by atoms with van der Waals surface area (Å²) in [5.74, 6) is -0.529. The fraction of sp³-hybridized carbons (Fsp3) is 0.529. The molecule has 0 bridgehead atoms. The Bertz CT molecular complexity index is 461. The summed E-state index contributed by atoms with van der Waals surface area (Å²) in [5.41, 5.74) is 1.09. The van der Waals surface area contributed by atoms with Crippen molar-refractivity contribution in [1.29, 1.82) is 0 Å². The van der Waals surface area contributed by atoms with Crippen LogP contribution in [0.1, 0.15) is 32.8 Å². The molecule has 22 heavy (non-hydrogen) atoms. The van der Waals surface area contributed by atoms with Crippen LogP contribution >= 0.6 is 0 Å². The predicted octanol–water partition coefficient (Wildman–Crippen LogP) is 2.39. The molecule has 0 aliphatic rings. The molecule has 122 valence electrons. The maximum atomic E-state index is 12.0. The van der Waals surface area contributed by atoms with Crippen LogP contribution < -0.4 is 0 Å². The number of benzene rings is 1. The van der Waals surface area contributed by atoms with Gasteiger partial charge < -0.3 is 9.47 Å². The van der Waals surface area contributed by atoms with E-state index in [4.69, 9.17) is 9.47 Å². The van der Waals surface area contributed by atoms with Crippen molar-refractivity contribution in [2.24, 2.45) is 0 Å². The van der Waals surface area contributed by atoms with Gasteiger partial charge in [0.2, 0.25) is 0 Å². The Morgan fingerprint density at radius 3 is 2.32 bits per heavy atom. The summed E-state index contributed by atoms with van der Waals surface area (Å²) in [6.45, 7) is 7.11. The molecule has 0 aliphatic heterocycles. The molecule has 1 rings (SSSR count). The van der Waals surface area contributed by atoms with Gasteiger partial charge in [-0.3, -0.25) is 14.5 Å². The molecule has 0 heterocycles. The van der Waals surface area contributed by atoms with Gasteiger partial charge in [0, 0.05) is 13.1 Å². The Labute approximate surface area is 132 Å². The highest BCUT2D eigenvalue weighted by atomic mass is 16.5. The van der Waals surface area contributed by atoms with Gasteiger partial charge >= 0.3 is 11.9 Å². The summed E-state index contributed by atoms with van der Waals surface area (Å²) >= 11 is 0. The summed E-state index contributed by atoms with van der Waals surface area (Å²) in [6, 6.07) is 9.43. The van der Waals surface area contributed by atoms with Crippen LogP contribution in [-0.2, 0) is 25.6 Å². The normalized spacial score (nSPS) is 12.0. The Morgan fingerprint density at radius 2 is 1.73 bits per heavy atom. The molecule has 0 saturated heterocycles. The monoisotopic (exact) mass is 307 g/mol. The molecule has 1 aromatic carbocycles. The lowest BCUT2D eigenvalue weighted by atomic mass is 10.1. The zero-order chi connectivity index (χ0) is 16.4. The molecule has 1 unspecified atom stereocenters. The Balaban J connectivity index is 2.71. The van der Waals surface area contributed by atoms with E-state index < -0.39 is 6.04 Å². The van der Waals surface area contributed by atoms with E-state index in [-0.39, 0.29) is 18.4 Å². The van der Waals surface area contributed by atoms with E-state index in [2.05, 4.69) is 0 Å². The van der Waals surface area contributed by atoms with E-state index in [9.17, 15) is 9.59 Å². The van der Waals surface area contributed by atoms with E-state index in [1.807, 2.05) is 35.2 Å².